The molecule has 0 aliphatic carbocycles. The molecule has 0 radical (unpaired) electrons. The van der Waals surface area contributed by atoms with Crippen molar-refractivity contribution < 1.29 is 0 Å². The first-order valence-electron chi connectivity index (χ1n) is 7.22. The van der Waals surface area contributed by atoms with Crippen LogP contribution in [0.4, 0.5) is 0 Å². The van der Waals surface area contributed by atoms with Crippen LogP contribution in [0.15, 0.2) is 49.1 Å². The highest BCUT2D eigenvalue weighted by Gasteiger charge is 2.13. The maximum Gasteiger partial charge on any atom is 0.194 e. The van der Waals surface area contributed by atoms with Crippen molar-refractivity contribution in [1.82, 2.24) is 24.3 Å². The van der Waals surface area contributed by atoms with Gasteiger partial charge in [-0.1, -0.05) is 18.2 Å². The summed E-state index contributed by atoms with van der Waals surface area (Å²) in [6.45, 7) is 3.63. The van der Waals surface area contributed by atoms with Gasteiger partial charge in [-0.3, -0.25) is 0 Å². The van der Waals surface area contributed by atoms with Crippen molar-refractivity contribution in [2.75, 3.05) is 0 Å². The van der Waals surface area contributed by atoms with Crippen molar-refractivity contribution in [3.8, 4) is 11.6 Å². The van der Waals surface area contributed by atoms with E-state index < -0.39 is 0 Å². The molecule has 0 saturated carbocycles. The molecule has 4 rings (SSSR count). The highest BCUT2D eigenvalue weighted by atomic mass is 32.1. The van der Waals surface area contributed by atoms with Gasteiger partial charge in [0.05, 0.1) is 6.54 Å². The fraction of sp³-hybridized carbons (Fsp3) is 0.188. The lowest BCUT2D eigenvalue weighted by atomic mass is 10.2. The Morgan fingerprint density at radius 1 is 1.14 bits per heavy atom. The van der Waals surface area contributed by atoms with Gasteiger partial charge in [-0.15, -0.1) is 11.3 Å². The summed E-state index contributed by atoms with van der Waals surface area (Å²) in [7, 11) is 0. The molecule has 0 aliphatic heterocycles. The molecule has 3 heterocycles. The van der Waals surface area contributed by atoms with E-state index in [1.807, 2.05) is 28.4 Å². The van der Waals surface area contributed by atoms with Crippen LogP contribution in [0.25, 0.3) is 21.7 Å². The molecule has 4 aromatic rings. The Morgan fingerprint density at radius 3 is 2.91 bits per heavy atom. The zero-order valence-electron chi connectivity index (χ0n) is 12.2. The maximum atomic E-state index is 4.46. The molecule has 0 amide bonds. The van der Waals surface area contributed by atoms with Crippen LogP contribution in [0.1, 0.15) is 11.8 Å². The molecule has 6 heteroatoms. The fourth-order valence-corrected chi connectivity index (χ4v) is 3.66. The predicted octanol–water partition coefficient (Wildman–Crippen LogP) is 3.42. The number of aryl methyl sites for hydroxylation is 1. The summed E-state index contributed by atoms with van der Waals surface area (Å²) in [5, 5.41) is 5.52. The average molecular weight is 309 g/mol. The number of aromatic nitrogens is 5. The Kier molecular flexibility index (Phi) is 3.23. The normalized spacial score (nSPS) is 11.3. The Morgan fingerprint density at radius 2 is 2.05 bits per heavy atom. The monoisotopic (exact) mass is 309 g/mol. The molecule has 1 aromatic carbocycles. The Labute approximate surface area is 131 Å². The highest BCUT2D eigenvalue weighted by Crippen LogP contribution is 2.27. The fourth-order valence-electron chi connectivity index (χ4n) is 2.59. The van der Waals surface area contributed by atoms with Gasteiger partial charge in [0, 0.05) is 28.5 Å². The minimum atomic E-state index is 0.783. The number of fused-ring (bicyclic) bond motifs is 1. The van der Waals surface area contributed by atoms with E-state index in [2.05, 4.69) is 56.9 Å². The number of hydrogen-bond acceptors (Lipinski definition) is 4. The van der Waals surface area contributed by atoms with E-state index in [9.17, 15) is 0 Å². The number of nitrogens with zero attached hydrogens (tertiary/aromatic N) is 5. The predicted molar refractivity (Wildman–Crippen MR) is 87.8 cm³/mol. The number of rotatable bonds is 4. The summed E-state index contributed by atoms with van der Waals surface area (Å²) >= 11 is 1.82. The SMILES string of the molecule is CCn1ncnc1-c1nccn1Cc1cc2ccccc2s1. The van der Waals surface area contributed by atoms with Gasteiger partial charge in [-0.25, -0.2) is 14.6 Å². The van der Waals surface area contributed by atoms with E-state index in [1.165, 1.54) is 15.0 Å². The first-order chi connectivity index (χ1) is 10.8. The van der Waals surface area contributed by atoms with E-state index in [4.69, 9.17) is 0 Å². The van der Waals surface area contributed by atoms with Crippen LogP contribution < -0.4 is 0 Å². The van der Waals surface area contributed by atoms with Crippen LogP contribution in [0.5, 0.6) is 0 Å². The van der Waals surface area contributed by atoms with Gasteiger partial charge in [0.2, 0.25) is 0 Å². The molecular formula is C16H15N5S. The summed E-state index contributed by atoms with van der Waals surface area (Å²) < 4.78 is 5.31. The standard InChI is InChI=1S/C16H15N5S/c1-2-21-16(18-11-19-21)15-17-7-8-20(15)10-13-9-12-5-3-4-6-14(12)22-13/h3-9,11H,2,10H2,1H3. The van der Waals surface area contributed by atoms with Gasteiger partial charge < -0.3 is 4.57 Å². The molecule has 22 heavy (non-hydrogen) atoms. The molecule has 110 valence electrons. The second-order valence-electron chi connectivity index (χ2n) is 5.03. The maximum absolute atomic E-state index is 4.46. The van der Waals surface area contributed by atoms with Crippen LogP contribution in [-0.4, -0.2) is 24.3 Å². The summed E-state index contributed by atoms with van der Waals surface area (Å²) in [5.41, 5.74) is 0. The number of benzene rings is 1. The van der Waals surface area contributed by atoms with Gasteiger partial charge in [0.25, 0.3) is 0 Å². The largest absolute Gasteiger partial charge is 0.323 e. The molecule has 5 nitrogen and oxygen atoms in total. The lowest BCUT2D eigenvalue weighted by Gasteiger charge is -2.06. The van der Waals surface area contributed by atoms with Crippen molar-refractivity contribution in [2.24, 2.45) is 0 Å². The third-order valence-corrected chi connectivity index (χ3v) is 4.73. The molecule has 0 aliphatic rings. The molecule has 0 atom stereocenters. The molecule has 0 bridgehead atoms. The van der Waals surface area contributed by atoms with Gasteiger partial charge in [0.1, 0.15) is 6.33 Å². The Balaban J connectivity index is 1.71. The van der Waals surface area contributed by atoms with Gasteiger partial charge in [-0.05, 0) is 24.4 Å². The van der Waals surface area contributed by atoms with Crippen molar-refractivity contribution in [3.05, 3.63) is 53.9 Å². The summed E-state index contributed by atoms with van der Waals surface area (Å²) in [4.78, 5) is 10.1. The smallest absolute Gasteiger partial charge is 0.194 e. The Hall–Kier alpha value is -2.47. The van der Waals surface area contributed by atoms with Crippen molar-refractivity contribution >= 4 is 21.4 Å². The minimum absolute atomic E-state index is 0.783. The molecule has 0 N–H and O–H groups in total. The second-order valence-corrected chi connectivity index (χ2v) is 6.20. The van der Waals surface area contributed by atoms with Crippen LogP contribution in [0.3, 0.4) is 0 Å². The number of thiophene rings is 1. The second kappa shape index (κ2) is 5.38. The summed E-state index contributed by atoms with van der Waals surface area (Å²) in [6, 6.07) is 10.7. The van der Waals surface area contributed by atoms with Gasteiger partial charge in [-0.2, -0.15) is 5.10 Å². The van der Waals surface area contributed by atoms with Gasteiger partial charge in [0.15, 0.2) is 11.6 Å². The zero-order chi connectivity index (χ0) is 14.9. The topological polar surface area (TPSA) is 48.5 Å². The zero-order valence-corrected chi connectivity index (χ0v) is 13.0. The number of imidazole rings is 1. The quantitative estimate of drug-likeness (QED) is 0.580. The van der Waals surface area contributed by atoms with Crippen LogP contribution in [0, 0.1) is 0 Å². The first-order valence-corrected chi connectivity index (χ1v) is 8.03. The van der Waals surface area contributed by atoms with Crippen LogP contribution >= 0.6 is 11.3 Å². The van der Waals surface area contributed by atoms with Crippen molar-refractivity contribution in [1.29, 1.82) is 0 Å². The number of hydrogen-bond donors (Lipinski definition) is 0. The molecular weight excluding hydrogens is 294 g/mol. The molecule has 3 aromatic heterocycles. The van der Waals surface area contributed by atoms with Crippen LogP contribution in [-0.2, 0) is 13.1 Å². The molecule has 0 unspecified atom stereocenters. The molecule has 0 fully saturated rings. The average Bonchev–Trinajstić information content (AvgIpc) is 3.25. The summed E-state index contributed by atoms with van der Waals surface area (Å²) in [6.07, 6.45) is 5.39. The minimum Gasteiger partial charge on any atom is -0.323 e. The Bertz CT molecular complexity index is 884. The van der Waals surface area contributed by atoms with Crippen molar-refractivity contribution in [3.63, 3.8) is 0 Å². The first kappa shape index (κ1) is 13.2. The lowest BCUT2D eigenvalue weighted by molar-refractivity contribution is 0.656. The van der Waals surface area contributed by atoms with E-state index in [0.29, 0.717) is 0 Å². The third-order valence-electron chi connectivity index (χ3n) is 3.63. The summed E-state index contributed by atoms with van der Waals surface area (Å²) in [5.74, 6) is 1.67. The van der Waals surface area contributed by atoms with Gasteiger partial charge >= 0.3 is 0 Å². The van der Waals surface area contributed by atoms with Crippen molar-refractivity contribution in [2.45, 2.75) is 20.0 Å². The van der Waals surface area contributed by atoms with E-state index in [-0.39, 0.29) is 0 Å². The molecule has 0 saturated heterocycles. The van der Waals surface area contributed by atoms with E-state index in [0.717, 1.165) is 24.7 Å². The van der Waals surface area contributed by atoms with E-state index >= 15 is 0 Å². The van der Waals surface area contributed by atoms with E-state index in [1.54, 1.807) is 6.33 Å². The molecule has 0 spiro atoms. The lowest BCUT2D eigenvalue weighted by Crippen LogP contribution is -2.06. The highest BCUT2D eigenvalue weighted by molar-refractivity contribution is 7.19. The van der Waals surface area contributed by atoms with Crippen LogP contribution in [0.2, 0.25) is 0 Å². The third kappa shape index (κ3) is 2.21.